The van der Waals surface area contributed by atoms with Crippen LogP contribution in [0.5, 0.6) is 0 Å². The SMILES string of the molecule is C=C(C=CC)OCC(CC)(COC(=O)CCN(C)CC=CC=CCCC)COC(=O)CCN(C)c1ccccc1. The molecule has 0 aliphatic carbocycles. The number of anilines is 1. The fourth-order valence-electron chi connectivity index (χ4n) is 3.63. The van der Waals surface area contributed by atoms with Gasteiger partial charge in [0.2, 0.25) is 0 Å². The number of carbonyl (C=O) groups excluding carboxylic acids is 2. The molecule has 0 heterocycles. The summed E-state index contributed by atoms with van der Waals surface area (Å²) in [5.74, 6) is -0.0975. The van der Waals surface area contributed by atoms with Crippen molar-refractivity contribution in [2.24, 2.45) is 5.41 Å². The van der Waals surface area contributed by atoms with E-state index in [1.165, 1.54) is 0 Å². The van der Waals surface area contributed by atoms with Gasteiger partial charge in [-0.1, -0.05) is 75.4 Å². The Morgan fingerprint density at radius 1 is 0.900 bits per heavy atom. The van der Waals surface area contributed by atoms with Crippen molar-refractivity contribution >= 4 is 17.6 Å². The van der Waals surface area contributed by atoms with E-state index in [0.717, 1.165) is 25.1 Å². The number of benzene rings is 1. The zero-order valence-corrected chi connectivity index (χ0v) is 25.3. The fourth-order valence-corrected chi connectivity index (χ4v) is 3.63. The number of ether oxygens (including phenoxy) is 3. The third kappa shape index (κ3) is 15.3. The Kier molecular flexibility index (Phi) is 17.8. The van der Waals surface area contributed by atoms with Crippen molar-refractivity contribution in [1.29, 1.82) is 0 Å². The first-order valence-electron chi connectivity index (χ1n) is 14.3. The molecule has 0 fully saturated rings. The van der Waals surface area contributed by atoms with Gasteiger partial charge in [-0.25, -0.2) is 0 Å². The molecule has 7 nitrogen and oxygen atoms in total. The van der Waals surface area contributed by atoms with Crippen molar-refractivity contribution in [2.75, 3.05) is 58.5 Å². The molecule has 1 unspecified atom stereocenters. The van der Waals surface area contributed by atoms with Crippen LogP contribution >= 0.6 is 0 Å². The molecule has 0 aliphatic rings. The molecule has 0 aromatic heterocycles. The number of rotatable bonds is 21. The Bertz CT molecular complexity index is 957. The number of hydrogen-bond donors (Lipinski definition) is 0. The van der Waals surface area contributed by atoms with E-state index in [9.17, 15) is 9.59 Å². The van der Waals surface area contributed by atoms with E-state index >= 15 is 0 Å². The lowest BCUT2D eigenvalue weighted by molar-refractivity contribution is -0.157. The van der Waals surface area contributed by atoms with Crippen LogP contribution in [0, 0.1) is 5.41 Å². The number of para-hydroxylation sites is 1. The van der Waals surface area contributed by atoms with Gasteiger partial charge < -0.3 is 24.0 Å². The number of hydrogen-bond acceptors (Lipinski definition) is 7. The Morgan fingerprint density at radius 3 is 2.10 bits per heavy atom. The molecule has 0 N–H and O–H groups in total. The highest BCUT2D eigenvalue weighted by Gasteiger charge is 2.33. The largest absolute Gasteiger partial charge is 0.493 e. The van der Waals surface area contributed by atoms with Crippen molar-refractivity contribution in [3.05, 3.63) is 79.1 Å². The van der Waals surface area contributed by atoms with Crippen molar-refractivity contribution in [1.82, 2.24) is 4.90 Å². The number of esters is 2. The van der Waals surface area contributed by atoms with Gasteiger partial charge >= 0.3 is 11.9 Å². The van der Waals surface area contributed by atoms with Crippen LogP contribution in [-0.4, -0.2) is 70.4 Å². The maximum absolute atomic E-state index is 12.6. The number of allylic oxidation sites excluding steroid dienone is 5. The second-order valence-electron chi connectivity index (χ2n) is 10.1. The number of unbranched alkanes of at least 4 members (excludes halogenated alkanes) is 1. The molecule has 7 heteroatoms. The summed E-state index contributed by atoms with van der Waals surface area (Å²) in [6.07, 6.45) is 15.2. The molecule has 0 saturated heterocycles. The lowest BCUT2D eigenvalue weighted by Gasteiger charge is -2.31. The summed E-state index contributed by atoms with van der Waals surface area (Å²) in [5, 5.41) is 0. The first-order chi connectivity index (χ1) is 19.2. The molecular formula is C33H50N2O5. The third-order valence-corrected chi connectivity index (χ3v) is 6.55. The van der Waals surface area contributed by atoms with Crippen molar-refractivity contribution < 1.29 is 23.8 Å². The second kappa shape index (κ2) is 20.6. The molecule has 1 rings (SSSR count). The van der Waals surface area contributed by atoms with Gasteiger partial charge in [-0.2, -0.15) is 0 Å². The second-order valence-corrected chi connectivity index (χ2v) is 10.1. The van der Waals surface area contributed by atoms with Crippen LogP contribution < -0.4 is 4.90 Å². The molecule has 0 spiro atoms. The van der Waals surface area contributed by atoms with E-state index in [1.807, 2.05) is 75.3 Å². The maximum atomic E-state index is 12.6. The first-order valence-corrected chi connectivity index (χ1v) is 14.3. The van der Waals surface area contributed by atoms with Gasteiger partial charge in [-0.05, 0) is 45.0 Å². The molecule has 1 aromatic rings. The smallest absolute Gasteiger partial charge is 0.307 e. The van der Waals surface area contributed by atoms with Crippen LogP contribution in [0.4, 0.5) is 5.69 Å². The van der Waals surface area contributed by atoms with Crippen LogP contribution in [0.25, 0.3) is 0 Å². The molecule has 0 saturated carbocycles. The van der Waals surface area contributed by atoms with Crippen molar-refractivity contribution in [2.45, 2.75) is 52.9 Å². The standard InChI is InChI=1S/C33H50N2O5/c1-7-10-11-12-13-17-23-34(5)24-21-31(36)39-27-33(9-3,26-38-29(4)18-8-2)28-40-32(37)22-25-35(6)30-19-15-14-16-20-30/h8,11-20H,4,7,9-10,21-28H2,1-3,5-6H3. The molecule has 0 bridgehead atoms. The summed E-state index contributed by atoms with van der Waals surface area (Å²) in [6, 6.07) is 9.88. The average Bonchev–Trinajstić information content (AvgIpc) is 2.97. The Morgan fingerprint density at radius 2 is 1.50 bits per heavy atom. The minimum atomic E-state index is -0.680. The normalized spacial score (nSPS) is 13.2. The summed E-state index contributed by atoms with van der Waals surface area (Å²) in [4.78, 5) is 29.3. The highest BCUT2D eigenvalue weighted by atomic mass is 16.6. The van der Waals surface area contributed by atoms with Gasteiger partial charge in [0.1, 0.15) is 25.6 Å². The minimum absolute atomic E-state index is 0.0873. The summed E-state index contributed by atoms with van der Waals surface area (Å²) in [5.41, 5.74) is 0.354. The molecule has 222 valence electrons. The highest BCUT2D eigenvalue weighted by Crippen LogP contribution is 2.26. The van der Waals surface area contributed by atoms with Crippen LogP contribution in [-0.2, 0) is 23.8 Å². The summed E-state index contributed by atoms with van der Waals surface area (Å²) in [6.45, 7) is 12.2. The van der Waals surface area contributed by atoms with Gasteiger partial charge in [0, 0.05) is 32.4 Å². The average molecular weight is 555 g/mol. The van der Waals surface area contributed by atoms with E-state index < -0.39 is 5.41 Å². The van der Waals surface area contributed by atoms with Gasteiger partial charge in [0.15, 0.2) is 0 Å². The molecule has 0 radical (unpaired) electrons. The molecule has 1 aromatic carbocycles. The lowest BCUT2D eigenvalue weighted by atomic mass is 9.88. The number of likely N-dealkylation sites (N-methyl/N-ethyl adjacent to an activating group) is 1. The minimum Gasteiger partial charge on any atom is -0.493 e. The summed E-state index contributed by atoms with van der Waals surface area (Å²) >= 11 is 0. The predicted octanol–water partition coefficient (Wildman–Crippen LogP) is 6.34. The van der Waals surface area contributed by atoms with E-state index in [-0.39, 0.29) is 44.6 Å². The Labute approximate surface area is 242 Å². The molecular weight excluding hydrogens is 504 g/mol. The first kappa shape index (κ1) is 34.7. The van der Waals surface area contributed by atoms with Gasteiger partial charge in [0.05, 0.1) is 18.3 Å². The summed E-state index contributed by atoms with van der Waals surface area (Å²) < 4.78 is 17.2. The monoisotopic (exact) mass is 554 g/mol. The van der Waals surface area contributed by atoms with E-state index in [4.69, 9.17) is 14.2 Å². The molecule has 0 aliphatic heterocycles. The van der Waals surface area contributed by atoms with Crippen molar-refractivity contribution in [3.8, 4) is 0 Å². The van der Waals surface area contributed by atoms with E-state index in [1.54, 1.807) is 6.08 Å². The molecule has 0 amide bonds. The molecule has 1 atom stereocenters. The van der Waals surface area contributed by atoms with Crippen LogP contribution in [0.3, 0.4) is 0 Å². The Hall–Kier alpha value is -3.32. The fraction of sp³-hybridized carbons (Fsp3) is 0.515. The maximum Gasteiger partial charge on any atom is 0.307 e. The van der Waals surface area contributed by atoms with Gasteiger partial charge in [-0.3, -0.25) is 9.59 Å². The van der Waals surface area contributed by atoms with E-state index in [0.29, 0.717) is 25.3 Å². The van der Waals surface area contributed by atoms with Crippen LogP contribution in [0.15, 0.2) is 79.1 Å². The quantitative estimate of drug-likeness (QED) is 0.0998. The highest BCUT2D eigenvalue weighted by molar-refractivity contribution is 5.70. The number of carbonyl (C=O) groups is 2. The number of nitrogens with zero attached hydrogens (tertiary/aromatic N) is 2. The third-order valence-electron chi connectivity index (χ3n) is 6.55. The van der Waals surface area contributed by atoms with E-state index in [2.05, 4.69) is 36.6 Å². The van der Waals surface area contributed by atoms with Crippen LogP contribution in [0.1, 0.15) is 52.9 Å². The zero-order valence-electron chi connectivity index (χ0n) is 25.3. The lowest BCUT2D eigenvalue weighted by Crippen LogP contribution is -2.38. The predicted molar refractivity (Wildman–Crippen MR) is 164 cm³/mol. The molecule has 40 heavy (non-hydrogen) atoms. The van der Waals surface area contributed by atoms with Gasteiger partial charge in [-0.15, -0.1) is 0 Å². The van der Waals surface area contributed by atoms with Crippen molar-refractivity contribution in [3.63, 3.8) is 0 Å². The van der Waals surface area contributed by atoms with Crippen LogP contribution in [0.2, 0.25) is 0 Å². The van der Waals surface area contributed by atoms with Gasteiger partial charge in [0.25, 0.3) is 0 Å². The summed E-state index contributed by atoms with van der Waals surface area (Å²) in [7, 11) is 3.91. The topological polar surface area (TPSA) is 68.3 Å². The Balaban J connectivity index is 2.64. The zero-order chi connectivity index (χ0) is 29.6.